The highest BCUT2D eigenvalue weighted by molar-refractivity contribution is 5.17. The van der Waals surface area contributed by atoms with Gasteiger partial charge in [-0.25, -0.2) is 0 Å². The highest BCUT2D eigenvalue weighted by atomic mass is 15.3. The third-order valence-electron chi connectivity index (χ3n) is 3.27. The van der Waals surface area contributed by atoms with Gasteiger partial charge in [0, 0.05) is 13.0 Å². The van der Waals surface area contributed by atoms with Crippen LogP contribution in [0.3, 0.4) is 0 Å². The third kappa shape index (κ3) is 1.96. The van der Waals surface area contributed by atoms with Crippen molar-refractivity contribution in [2.45, 2.75) is 31.8 Å². The SMILES string of the molecule is NC(Cc1ccccc1)c1nnc2n1CCC2. The second kappa shape index (κ2) is 4.30. The molecule has 1 aliphatic rings. The highest BCUT2D eigenvalue weighted by Gasteiger charge is 2.21. The molecule has 0 fully saturated rings. The van der Waals surface area contributed by atoms with E-state index in [1.54, 1.807) is 0 Å². The second-order valence-electron chi connectivity index (χ2n) is 4.53. The molecule has 1 unspecified atom stereocenters. The van der Waals surface area contributed by atoms with E-state index in [9.17, 15) is 0 Å². The number of hydrogen-bond donors (Lipinski definition) is 1. The van der Waals surface area contributed by atoms with E-state index >= 15 is 0 Å². The van der Waals surface area contributed by atoms with Crippen LogP contribution in [0.1, 0.15) is 29.7 Å². The van der Waals surface area contributed by atoms with E-state index in [0.29, 0.717) is 0 Å². The van der Waals surface area contributed by atoms with Crippen molar-refractivity contribution in [3.63, 3.8) is 0 Å². The van der Waals surface area contributed by atoms with Crippen molar-refractivity contribution in [2.75, 3.05) is 0 Å². The van der Waals surface area contributed by atoms with Gasteiger partial charge in [-0.2, -0.15) is 0 Å². The zero-order valence-electron chi connectivity index (χ0n) is 9.71. The van der Waals surface area contributed by atoms with Gasteiger partial charge in [-0.3, -0.25) is 0 Å². The van der Waals surface area contributed by atoms with Crippen molar-refractivity contribution in [3.8, 4) is 0 Å². The Labute approximate surface area is 100 Å². The van der Waals surface area contributed by atoms with Crippen LogP contribution in [0.25, 0.3) is 0 Å². The van der Waals surface area contributed by atoms with Crippen LogP contribution in [0.15, 0.2) is 30.3 Å². The molecule has 17 heavy (non-hydrogen) atoms. The molecule has 0 spiro atoms. The van der Waals surface area contributed by atoms with Crippen LogP contribution >= 0.6 is 0 Å². The molecule has 1 aliphatic heterocycles. The summed E-state index contributed by atoms with van der Waals surface area (Å²) in [4.78, 5) is 0. The van der Waals surface area contributed by atoms with Crippen molar-refractivity contribution in [1.82, 2.24) is 14.8 Å². The van der Waals surface area contributed by atoms with E-state index in [4.69, 9.17) is 5.73 Å². The predicted molar refractivity (Wildman–Crippen MR) is 65.4 cm³/mol. The molecular formula is C13H16N4. The Kier molecular flexibility index (Phi) is 2.65. The fourth-order valence-electron chi connectivity index (χ4n) is 2.41. The average molecular weight is 228 g/mol. The molecule has 88 valence electrons. The molecule has 0 saturated carbocycles. The molecule has 2 heterocycles. The lowest BCUT2D eigenvalue weighted by molar-refractivity contribution is 0.596. The molecule has 4 heteroatoms. The number of aromatic nitrogens is 3. The molecule has 2 aromatic rings. The summed E-state index contributed by atoms with van der Waals surface area (Å²) in [6.07, 6.45) is 3.01. The van der Waals surface area contributed by atoms with E-state index in [0.717, 1.165) is 37.5 Å². The first-order valence-electron chi connectivity index (χ1n) is 6.06. The molecule has 0 radical (unpaired) electrons. The van der Waals surface area contributed by atoms with Crippen molar-refractivity contribution in [1.29, 1.82) is 0 Å². The number of rotatable bonds is 3. The summed E-state index contributed by atoms with van der Waals surface area (Å²) in [5.41, 5.74) is 7.47. The van der Waals surface area contributed by atoms with Gasteiger partial charge in [0.05, 0.1) is 6.04 Å². The van der Waals surface area contributed by atoms with Crippen molar-refractivity contribution in [3.05, 3.63) is 47.5 Å². The van der Waals surface area contributed by atoms with Crippen LogP contribution < -0.4 is 5.73 Å². The van der Waals surface area contributed by atoms with Gasteiger partial charge in [-0.1, -0.05) is 30.3 Å². The first-order chi connectivity index (χ1) is 8.34. The van der Waals surface area contributed by atoms with E-state index in [1.807, 2.05) is 18.2 Å². The summed E-state index contributed by atoms with van der Waals surface area (Å²) in [5, 5.41) is 8.41. The van der Waals surface area contributed by atoms with E-state index < -0.39 is 0 Å². The summed E-state index contributed by atoms with van der Waals surface area (Å²) in [5.74, 6) is 2.02. The Bertz CT molecular complexity index is 503. The molecule has 1 atom stereocenters. The Morgan fingerprint density at radius 3 is 2.88 bits per heavy atom. The largest absolute Gasteiger partial charge is 0.321 e. The first-order valence-corrected chi connectivity index (χ1v) is 6.06. The zero-order chi connectivity index (χ0) is 11.7. The van der Waals surface area contributed by atoms with Gasteiger partial charge in [0.15, 0.2) is 0 Å². The van der Waals surface area contributed by atoms with Crippen molar-refractivity contribution < 1.29 is 0 Å². The minimum atomic E-state index is -0.0586. The van der Waals surface area contributed by atoms with Gasteiger partial charge in [-0.15, -0.1) is 10.2 Å². The zero-order valence-corrected chi connectivity index (χ0v) is 9.71. The number of benzene rings is 1. The summed E-state index contributed by atoms with van der Waals surface area (Å²) in [7, 11) is 0. The van der Waals surface area contributed by atoms with Gasteiger partial charge >= 0.3 is 0 Å². The Hall–Kier alpha value is -1.68. The minimum Gasteiger partial charge on any atom is -0.321 e. The molecule has 1 aromatic heterocycles. The highest BCUT2D eigenvalue weighted by Crippen LogP contribution is 2.20. The van der Waals surface area contributed by atoms with Crippen LogP contribution in [0.4, 0.5) is 0 Å². The maximum Gasteiger partial charge on any atom is 0.150 e. The topological polar surface area (TPSA) is 56.7 Å². The van der Waals surface area contributed by atoms with Gasteiger partial charge in [0.2, 0.25) is 0 Å². The van der Waals surface area contributed by atoms with E-state index in [1.165, 1.54) is 5.56 Å². The second-order valence-corrected chi connectivity index (χ2v) is 4.53. The predicted octanol–water partition coefficient (Wildman–Crippen LogP) is 1.47. The van der Waals surface area contributed by atoms with Gasteiger partial charge in [-0.05, 0) is 18.4 Å². The summed E-state index contributed by atoms with van der Waals surface area (Å²) in [6, 6.07) is 10.2. The lowest BCUT2D eigenvalue weighted by Gasteiger charge is -2.11. The molecule has 0 bridgehead atoms. The molecule has 0 amide bonds. The molecule has 2 N–H and O–H groups in total. The fourth-order valence-corrected chi connectivity index (χ4v) is 2.41. The van der Waals surface area contributed by atoms with E-state index in [2.05, 4.69) is 26.9 Å². The maximum atomic E-state index is 6.22. The molecule has 1 aromatic carbocycles. The van der Waals surface area contributed by atoms with E-state index in [-0.39, 0.29) is 6.04 Å². The van der Waals surface area contributed by atoms with Crippen LogP contribution in [0, 0.1) is 0 Å². The number of hydrogen-bond acceptors (Lipinski definition) is 3. The summed E-state index contributed by atoms with van der Waals surface area (Å²) in [6.45, 7) is 1.01. The lowest BCUT2D eigenvalue weighted by atomic mass is 10.1. The first kappa shape index (κ1) is 10.5. The normalized spacial score (nSPS) is 15.8. The van der Waals surface area contributed by atoms with Crippen molar-refractivity contribution in [2.24, 2.45) is 5.73 Å². The van der Waals surface area contributed by atoms with Crippen LogP contribution in [0.5, 0.6) is 0 Å². The molecule has 3 rings (SSSR count). The number of aryl methyl sites for hydroxylation is 1. The van der Waals surface area contributed by atoms with Crippen LogP contribution in [-0.4, -0.2) is 14.8 Å². The number of nitrogens with two attached hydrogens (primary N) is 1. The Balaban J connectivity index is 1.80. The third-order valence-corrected chi connectivity index (χ3v) is 3.27. The minimum absolute atomic E-state index is 0.0586. The molecule has 0 aliphatic carbocycles. The van der Waals surface area contributed by atoms with Gasteiger partial charge in [0.1, 0.15) is 11.6 Å². The Morgan fingerprint density at radius 1 is 1.24 bits per heavy atom. The summed E-state index contributed by atoms with van der Waals surface area (Å²) < 4.78 is 2.17. The standard InChI is InChI=1S/C13H16N4/c14-11(9-10-5-2-1-3-6-10)13-16-15-12-7-4-8-17(12)13/h1-3,5-6,11H,4,7-9,14H2. The monoisotopic (exact) mass is 228 g/mol. The Morgan fingerprint density at radius 2 is 2.06 bits per heavy atom. The van der Waals surface area contributed by atoms with Crippen molar-refractivity contribution >= 4 is 0 Å². The van der Waals surface area contributed by atoms with Gasteiger partial charge in [0.25, 0.3) is 0 Å². The average Bonchev–Trinajstić information content (AvgIpc) is 2.91. The molecule has 0 saturated heterocycles. The maximum absolute atomic E-state index is 6.22. The number of nitrogens with zero attached hydrogens (tertiary/aromatic N) is 3. The fraction of sp³-hybridized carbons (Fsp3) is 0.385. The van der Waals surface area contributed by atoms with Crippen LogP contribution in [-0.2, 0) is 19.4 Å². The number of fused-ring (bicyclic) bond motifs is 1. The molecular weight excluding hydrogens is 212 g/mol. The molecule has 4 nitrogen and oxygen atoms in total. The summed E-state index contributed by atoms with van der Waals surface area (Å²) >= 11 is 0. The van der Waals surface area contributed by atoms with Crippen LogP contribution in [0.2, 0.25) is 0 Å². The van der Waals surface area contributed by atoms with Gasteiger partial charge < -0.3 is 10.3 Å². The quantitative estimate of drug-likeness (QED) is 0.865. The lowest BCUT2D eigenvalue weighted by Crippen LogP contribution is -2.18. The smallest absolute Gasteiger partial charge is 0.150 e.